The van der Waals surface area contributed by atoms with Gasteiger partial charge in [-0.1, -0.05) is 39.3 Å². The van der Waals surface area contributed by atoms with E-state index in [2.05, 4.69) is 57.3 Å². The van der Waals surface area contributed by atoms with Gasteiger partial charge in [0.1, 0.15) is 5.75 Å². The van der Waals surface area contributed by atoms with Gasteiger partial charge in [-0.3, -0.25) is 0 Å². The third kappa shape index (κ3) is 6.63. The van der Waals surface area contributed by atoms with Crippen LogP contribution in [0, 0.1) is 5.92 Å². The maximum Gasteiger partial charge on any atom is 0.119 e. The van der Waals surface area contributed by atoms with Crippen LogP contribution < -0.4 is 10.1 Å². The average molecular weight is 263 g/mol. The topological polar surface area (TPSA) is 21.3 Å². The van der Waals surface area contributed by atoms with Gasteiger partial charge < -0.3 is 10.1 Å². The molecule has 0 aliphatic rings. The molecular formula is C17H29NO. The molecule has 0 spiro atoms. The lowest BCUT2D eigenvalue weighted by Crippen LogP contribution is -2.19. The van der Waals surface area contributed by atoms with Crippen LogP contribution in [0.5, 0.6) is 5.75 Å². The molecule has 108 valence electrons. The molecule has 1 rings (SSSR count). The number of hydrogen-bond donors (Lipinski definition) is 1. The highest BCUT2D eigenvalue weighted by Crippen LogP contribution is 2.18. The second-order valence-corrected chi connectivity index (χ2v) is 5.63. The molecule has 0 aliphatic carbocycles. The number of ether oxygens (including phenoxy) is 1. The fourth-order valence-electron chi connectivity index (χ4n) is 1.88. The van der Waals surface area contributed by atoms with Crippen molar-refractivity contribution in [3.63, 3.8) is 0 Å². The van der Waals surface area contributed by atoms with Crippen LogP contribution in [-0.4, -0.2) is 13.2 Å². The molecule has 0 amide bonds. The molecule has 2 nitrogen and oxygen atoms in total. The van der Waals surface area contributed by atoms with Crippen molar-refractivity contribution in [1.82, 2.24) is 5.32 Å². The lowest BCUT2D eigenvalue weighted by Gasteiger charge is -2.15. The molecule has 1 aromatic rings. The van der Waals surface area contributed by atoms with Gasteiger partial charge in [0.25, 0.3) is 0 Å². The summed E-state index contributed by atoms with van der Waals surface area (Å²) in [7, 11) is 0. The highest BCUT2D eigenvalue weighted by molar-refractivity contribution is 5.28. The summed E-state index contributed by atoms with van der Waals surface area (Å²) in [6.45, 7) is 10.8. The fraction of sp³-hybridized carbons (Fsp3) is 0.647. The quantitative estimate of drug-likeness (QED) is 0.659. The van der Waals surface area contributed by atoms with E-state index in [4.69, 9.17) is 4.74 Å². The summed E-state index contributed by atoms with van der Waals surface area (Å²) in [6, 6.07) is 8.89. The van der Waals surface area contributed by atoms with Crippen molar-refractivity contribution >= 4 is 0 Å². The SMILES string of the molecule is CCCCNC(C)c1ccc(OCCC(C)C)cc1. The van der Waals surface area contributed by atoms with Crippen LogP contribution in [0.3, 0.4) is 0 Å². The summed E-state index contributed by atoms with van der Waals surface area (Å²) >= 11 is 0. The number of unbranched alkanes of at least 4 members (excludes halogenated alkanes) is 1. The van der Waals surface area contributed by atoms with Crippen molar-refractivity contribution in [2.45, 2.75) is 53.0 Å². The van der Waals surface area contributed by atoms with Crippen LogP contribution in [0.1, 0.15) is 58.6 Å². The van der Waals surface area contributed by atoms with Crippen molar-refractivity contribution < 1.29 is 4.74 Å². The maximum atomic E-state index is 5.73. The summed E-state index contributed by atoms with van der Waals surface area (Å²) in [4.78, 5) is 0. The van der Waals surface area contributed by atoms with Gasteiger partial charge in [0.2, 0.25) is 0 Å². The van der Waals surface area contributed by atoms with Gasteiger partial charge in [0.15, 0.2) is 0 Å². The first kappa shape index (κ1) is 16.0. The Kier molecular flexibility index (Phi) is 7.57. The van der Waals surface area contributed by atoms with Crippen molar-refractivity contribution in [3.8, 4) is 5.75 Å². The van der Waals surface area contributed by atoms with Crippen molar-refractivity contribution in [3.05, 3.63) is 29.8 Å². The van der Waals surface area contributed by atoms with E-state index in [-0.39, 0.29) is 0 Å². The Labute approximate surface area is 118 Å². The Hall–Kier alpha value is -1.02. The summed E-state index contributed by atoms with van der Waals surface area (Å²) in [5, 5.41) is 3.54. The third-order valence-corrected chi connectivity index (χ3v) is 3.32. The molecule has 1 atom stereocenters. The van der Waals surface area contributed by atoms with Gasteiger partial charge >= 0.3 is 0 Å². The Morgan fingerprint density at radius 1 is 1.11 bits per heavy atom. The maximum absolute atomic E-state index is 5.73. The van der Waals surface area contributed by atoms with Crippen LogP contribution in [0.15, 0.2) is 24.3 Å². The first-order valence-corrected chi connectivity index (χ1v) is 7.59. The molecule has 2 heteroatoms. The Balaban J connectivity index is 2.37. The van der Waals surface area contributed by atoms with Crippen LogP contribution >= 0.6 is 0 Å². The van der Waals surface area contributed by atoms with E-state index < -0.39 is 0 Å². The molecule has 0 saturated heterocycles. The molecule has 1 aromatic carbocycles. The van der Waals surface area contributed by atoms with E-state index in [1.165, 1.54) is 18.4 Å². The molecule has 0 aliphatic heterocycles. The largest absolute Gasteiger partial charge is 0.494 e. The first-order chi connectivity index (χ1) is 9.13. The molecule has 1 N–H and O–H groups in total. The molecule has 0 aromatic heterocycles. The third-order valence-electron chi connectivity index (χ3n) is 3.32. The van der Waals surface area contributed by atoms with E-state index in [9.17, 15) is 0 Å². The minimum absolute atomic E-state index is 0.413. The Bertz CT molecular complexity index is 332. The van der Waals surface area contributed by atoms with E-state index in [1.54, 1.807) is 0 Å². The monoisotopic (exact) mass is 263 g/mol. The lowest BCUT2D eigenvalue weighted by atomic mass is 10.1. The van der Waals surface area contributed by atoms with E-state index in [0.29, 0.717) is 12.0 Å². The highest BCUT2D eigenvalue weighted by Gasteiger charge is 2.04. The van der Waals surface area contributed by atoms with Crippen molar-refractivity contribution in [1.29, 1.82) is 0 Å². The second-order valence-electron chi connectivity index (χ2n) is 5.63. The van der Waals surface area contributed by atoms with E-state index >= 15 is 0 Å². The molecule has 0 bridgehead atoms. The van der Waals surface area contributed by atoms with E-state index in [0.717, 1.165) is 25.3 Å². The minimum atomic E-state index is 0.413. The molecule has 0 radical (unpaired) electrons. The van der Waals surface area contributed by atoms with Gasteiger partial charge in [-0.15, -0.1) is 0 Å². The summed E-state index contributed by atoms with van der Waals surface area (Å²) < 4.78 is 5.73. The first-order valence-electron chi connectivity index (χ1n) is 7.59. The van der Waals surface area contributed by atoms with Crippen molar-refractivity contribution in [2.24, 2.45) is 5.92 Å². The summed E-state index contributed by atoms with van der Waals surface area (Å²) in [6.07, 6.45) is 3.58. The van der Waals surface area contributed by atoms with E-state index in [1.807, 2.05) is 0 Å². The second kappa shape index (κ2) is 8.98. The predicted octanol–water partition coefficient (Wildman–Crippen LogP) is 4.56. The van der Waals surface area contributed by atoms with Gasteiger partial charge in [-0.05, 0) is 49.9 Å². The highest BCUT2D eigenvalue weighted by atomic mass is 16.5. The zero-order valence-electron chi connectivity index (χ0n) is 12.9. The zero-order valence-corrected chi connectivity index (χ0v) is 12.9. The Morgan fingerprint density at radius 3 is 2.37 bits per heavy atom. The molecular weight excluding hydrogens is 234 g/mol. The van der Waals surface area contributed by atoms with Crippen LogP contribution in [0.25, 0.3) is 0 Å². The number of hydrogen-bond acceptors (Lipinski definition) is 2. The van der Waals surface area contributed by atoms with Gasteiger partial charge in [0.05, 0.1) is 6.61 Å². The predicted molar refractivity (Wildman–Crippen MR) is 82.7 cm³/mol. The molecule has 0 fully saturated rings. The molecule has 1 unspecified atom stereocenters. The number of nitrogens with one attached hydrogen (secondary N) is 1. The number of benzene rings is 1. The molecule has 0 heterocycles. The van der Waals surface area contributed by atoms with Gasteiger partial charge in [0, 0.05) is 6.04 Å². The van der Waals surface area contributed by atoms with Gasteiger partial charge in [-0.25, -0.2) is 0 Å². The normalized spacial score (nSPS) is 12.7. The standard InChI is InChI=1S/C17H29NO/c1-5-6-12-18-15(4)16-7-9-17(10-8-16)19-13-11-14(2)3/h7-10,14-15,18H,5-6,11-13H2,1-4H3. The average Bonchev–Trinajstić information content (AvgIpc) is 2.39. The molecule has 0 saturated carbocycles. The van der Waals surface area contributed by atoms with Crippen molar-refractivity contribution in [2.75, 3.05) is 13.2 Å². The summed E-state index contributed by atoms with van der Waals surface area (Å²) in [5.41, 5.74) is 1.33. The molecule has 19 heavy (non-hydrogen) atoms. The van der Waals surface area contributed by atoms with Crippen LogP contribution in [-0.2, 0) is 0 Å². The zero-order chi connectivity index (χ0) is 14.1. The van der Waals surface area contributed by atoms with Crippen LogP contribution in [0.4, 0.5) is 0 Å². The summed E-state index contributed by atoms with van der Waals surface area (Å²) in [5.74, 6) is 1.67. The fourth-order valence-corrected chi connectivity index (χ4v) is 1.88. The smallest absolute Gasteiger partial charge is 0.119 e. The number of rotatable bonds is 9. The minimum Gasteiger partial charge on any atom is -0.494 e. The Morgan fingerprint density at radius 2 is 1.79 bits per heavy atom. The van der Waals surface area contributed by atoms with Crippen LogP contribution in [0.2, 0.25) is 0 Å². The lowest BCUT2D eigenvalue weighted by molar-refractivity contribution is 0.289. The van der Waals surface area contributed by atoms with Gasteiger partial charge in [-0.2, -0.15) is 0 Å².